The lowest BCUT2D eigenvalue weighted by atomic mass is 9.95. The van der Waals surface area contributed by atoms with Crippen LogP contribution in [0.3, 0.4) is 0 Å². The maximum absolute atomic E-state index is 13.5. The van der Waals surface area contributed by atoms with Crippen LogP contribution in [0.25, 0.3) is 26.2 Å². The van der Waals surface area contributed by atoms with E-state index in [0.717, 1.165) is 45.9 Å². The summed E-state index contributed by atoms with van der Waals surface area (Å²) in [7, 11) is 0. The molecular formula is C31H24N4O3S. The number of thiazole rings is 1. The lowest BCUT2D eigenvalue weighted by Crippen LogP contribution is -2.19. The molecule has 0 atom stereocenters. The van der Waals surface area contributed by atoms with Crippen molar-refractivity contribution in [2.75, 3.05) is 0 Å². The van der Waals surface area contributed by atoms with Gasteiger partial charge in [0.2, 0.25) is 0 Å². The molecule has 3 heterocycles. The summed E-state index contributed by atoms with van der Waals surface area (Å²) < 4.78 is 3.07. The molecule has 1 fully saturated rings. The van der Waals surface area contributed by atoms with Crippen LogP contribution in [0.1, 0.15) is 51.5 Å². The SMILES string of the molecule is O=C(O)c1c(-c2cn(Cc3ccccc3)nn2)sc2c(C3CC3)c(Cc3cccc4ccccc34)cc(=O)n12. The lowest BCUT2D eigenvalue weighted by Gasteiger charge is -2.12. The summed E-state index contributed by atoms with van der Waals surface area (Å²) in [5.74, 6) is -0.841. The van der Waals surface area contributed by atoms with Crippen LogP contribution in [0.15, 0.2) is 89.9 Å². The number of carbonyl (C=O) groups is 1. The normalized spacial score (nSPS) is 13.3. The number of rotatable bonds is 7. The number of carboxylic acid groups (broad SMARTS) is 1. The summed E-state index contributed by atoms with van der Waals surface area (Å²) in [6.07, 6.45) is 4.42. The monoisotopic (exact) mass is 532 g/mol. The Morgan fingerprint density at radius 2 is 1.74 bits per heavy atom. The second-order valence-electron chi connectivity index (χ2n) is 10.0. The highest BCUT2D eigenvalue weighted by molar-refractivity contribution is 7.21. The first-order valence-corrected chi connectivity index (χ1v) is 13.7. The van der Waals surface area contributed by atoms with E-state index in [4.69, 9.17) is 0 Å². The van der Waals surface area contributed by atoms with Crippen LogP contribution >= 0.6 is 11.3 Å². The molecule has 1 N–H and O–H groups in total. The van der Waals surface area contributed by atoms with Gasteiger partial charge in [0.25, 0.3) is 5.56 Å². The second kappa shape index (κ2) is 9.32. The number of hydrogen-bond acceptors (Lipinski definition) is 5. The van der Waals surface area contributed by atoms with Crippen molar-refractivity contribution in [3.63, 3.8) is 0 Å². The van der Waals surface area contributed by atoms with Crippen molar-refractivity contribution in [1.82, 2.24) is 19.4 Å². The van der Waals surface area contributed by atoms with Crippen LogP contribution in [0.2, 0.25) is 0 Å². The number of fused-ring (bicyclic) bond motifs is 2. The molecule has 8 heteroatoms. The first-order valence-electron chi connectivity index (χ1n) is 12.9. The van der Waals surface area contributed by atoms with Crippen LogP contribution in [0.5, 0.6) is 0 Å². The van der Waals surface area contributed by atoms with Crippen molar-refractivity contribution in [2.45, 2.75) is 31.7 Å². The Morgan fingerprint density at radius 3 is 2.54 bits per heavy atom. The Hall–Kier alpha value is -4.56. The van der Waals surface area contributed by atoms with E-state index in [9.17, 15) is 14.7 Å². The van der Waals surface area contributed by atoms with E-state index in [0.29, 0.717) is 34.3 Å². The molecule has 192 valence electrons. The van der Waals surface area contributed by atoms with Gasteiger partial charge in [0.1, 0.15) is 10.5 Å². The Labute approximate surface area is 227 Å². The number of aromatic nitrogens is 4. The van der Waals surface area contributed by atoms with Gasteiger partial charge in [0.15, 0.2) is 5.69 Å². The molecule has 0 amide bonds. The summed E-state index contributed by atoms with van der Waals surface area (Å²) in [6, 6.07) is 26.0. The van der Waals surface area contributed by atoms with E-state index in [1.165, 1.54) is 15.7 Å². The van der Waals surface area contributed by atoms with Gasteiger partial charge < -0.3 is 5.11 Å². The summed E-state index contributed by atoms with van der Waals surface area (Å²) in [6.45, 7) is 0.517. The Kier molecular flexibility index (Phi) is 5.63. The molecule has 0 unspecified atom stereocenters. The number of pyridine rings is 1. The van der Waals surface area contributed by atoms with Crippen LogP contribution in [0, 0.1) is 0 Å². The molecule has 3 aromatic carbocycles. The highest BCUT2D eigenvalue weighted by atomic mass is 32.1. The molecule has 1 aliphatic rings. The maximum Gasteiger partial charge on any atom is 0.354 e. The van der Waals surface area contributed by atoms with Crippen LogP contribution in [-0.4, -0.2) is 30.5 Å². The minimum absolute atomic E-state index is 0.0506. The maximum atomic E-state index is 13.5. The molecule has 0 radical (unpaired) electrons. The third kappa shape index (κ3) is 4.23. The first-order chi connectivity index (χ1) is 19.1. The van der Waals surface area contributed by atoms with E-state index in [1.54, 1.807) is 16.9 Å². The van der Waals surface area contributed by atoms with Crippen molar-refractivity contribution in [3.05, 3.63) is 123 Å². The topological polar surface area (TPSA) is 89.5 Å². The van der Waals surface area contributed by atoms with Gasteiger partial charge in [-0.05, 0) is 58.2 Å². The van der Waals surface area contributed by atoms with Crippen molar-refractivity contribution in [1.29, 1.82) is 0 Å². The molecule has 0 aliphatic heterocycles. The van der Waals surface area contributed by atoms with E-state index in [-0.39, 0.29) is 11.3 Å². The quantitative estimate of drug-likeness (QED) is 0.273. The third-order valence-corrected chi connectivity index (χ3v) is 8.55. The number of nitrogens with zero attached hydrogens (tertiary/aromatic N) is 4. The van der Waals surface area contributed by atoms with Crippen LogP contribution in [0.4, 0.5) is 0 Å². The van der Waals surface area contributed by atoms with Crippen molar-refractivity contribution >= 4 is 32.9 Å². The Morgan fingerprint density at radius 1 is 0.974 bits per heavy atom. The minimum atomic E-state index is -1.15. The molecule has 6 aromatic rings. The zero-order chi connectivity index (χ0) is 26.5. The highest BCUT2D eigenvalue weighted by Crippen LogP contribution is 2.47. The predicted octanol–water partition coefficient (Wildman–Crippen LogP) is 5.99. The van der Waals surface area contributed by atoms with Crippen molar-refractivity contribution in [3.8, 4) is 10.6 Å². The predicted molar refractivity (Wildman–Crippen MR) is 152 cm³/mol. The Bertz CT molecular complexity index is 1930. The van der Waals surface area contributed by atoms with Gasteiger partial charge in [-0.25, -0.2) is 9.48 Å². The number of aromatic carboxylic acids is 1. The zero-order valence-corrected chi connectivity index (χ0v) is 21.8. The van der Waals surface area contributed by atoms with E-state index < -0.39 is 5.97 Å². The molecule has 7 rings (SSSR count). The Balaban J connectivity index is 1.37. The van der Waals surface area contributed by atoms with Crippen LogP contribution < -0.4 is 5.56 Å². The van der Waals surface area contributed by atoms with Gasteiger partial charge in [0, 0.05) is 6.07 Å². The van der Waals surface area contributed by atoms with E-state index >= 15 is 0 Å². The standard InChI is InChI=1S/C31H24N4O3S/c36-26-16-23(15-22-11-6-10-20-9-4-5-12-24(20)22)27(21-13-14-21)30-35(26)28(31(37)38)29(39-30)25-18-34(33-32-25)17-19-7-2-1-3-8-19/h1-12,16,18,21H,13-15,17H2,(H,37,38). The summed E-state index contributed by atoms with van der Waals surface area (Å²) in [4.78, 5) is 27.2. The smallest absolute Gasteiger partial charge is 0.354 e. The molecule has 0 spiro atoms. The molecule has 0 saturated heterocycles. The fraction of sp³-hybridized carbons (Fsp3) is 0.161. The van der Waals surface area contributed by atoms with E-state index in [1.807, 2.05) is 48.5 Å². The zero-order valence-electron chi connectivity index (χ0n) is 20.9. The fourth-order valence-electron chi connectivity index (χ4n) is 5.43. The van der Waals surface area contributed by atoms with E-state index in [2.05, 4.69) is 34.6 Å². The molecule has 3 aromatic heterocycles. The van der Waals surface area contributed by atoms with Crippen molar-refractivity contribution in [2.24, 2.45) is 0 Å². The summed E-state index contributed by atoms with van der Waals surface area (Å²) >= 11 is 1.33. The van der Waals surface area contributed by atoms with Crippen LogP contribution in [-0.2, 0) is 13.0 Å². The minimum Gasteiger partial charge on any atom is -0.477 e. The molecule has 1 aliphatic carbocycles. The molecular weight excluding hydrogens is 508 g/mol. The van der Waals surface area contributed by atoms with Gasteiger partial charge in [-0.3, -0.25) is 9.20 Å². The number of hydrogen-bond donors (Lipinski definition) is 1. The van der Waals surface area contributed by atoms with Crippen molar-refractivity contribution < 1.29 is 9.90 Å². The first kappa shape index (κ1) is 23.5. The number of benzene rings is 3. The van der Waals surface area contributed by atoms with Gasteiger partial charge >= 0.3 is 5.97 Å². The average Bonchev–Trinajstić information content (AvgIpc) is 3.52. The average molecular weight is 533 g/mol. The van der Waals surface area contributed by atoms with Gasteiger partial charge in [0.05, 0.1) is 17.6 Å². The molecule has 0 bridgehead atoms. The molecule has 39 heavy (non-hydrogen) atoms. The fourth-order valence-corrected chi connectivity index (χ4v) is 6.78. The second-order valence-corrected chi connectivity index (χ2v) is 11.0. The summed E-state index contributed by atoms with van der Waals surface area (Å²) in [5.41, 5.74) is 4.33. The number of carboxylic acids is 1. The highest BCUT2D eigenvalue weighted by Gasteiger charge is 2.33. The largest absolute Gasteiger partial charge is 0.477 e. The third-order valence-electron chi connectivity index (χ3n) is 7.34. The van der Waals surface area contributed by atoms with Gasteiger partial charge in [-0.1, -0.05) is 78.0 Å². The summed E-state index contributed by atoms with van der Waals surface area (Å²) in [5, 5.41) is 21.1. The lowest BCUT2D eigenvalue weighted by molar-refractivity contribution is 0.0690. The van der Waals surface area contributed by atoms with Gasteiger partial charge in [-0.15, -0.1) is 16.4 Å². The molecule has 7 nitrogen and oxygen atoms in total. The molecule has 1 saturated carbocycles. The van der Waals surface area contributed by atoms with Gasteiger partial charge in [-0.2, -0.15) is 0 Å².